The molecule has 9 heteroatoms. The van der Waals surface area contributed by atoms with Crippen LogP contribution in [-0.4, -0.2) is 50.5 Å². The first-order valence-corrected chi connectivity index (χ1v) is 10.6. The SMILES string of the molecule is COc1nn(C2CC(OC)C2)cc1C(=O)Nc1cccc(-c2cnc3n2C(C)CC3)n1. The lowest BCUT2D eigenvalue weighted by Gasteiger charge is -2.33. The van der Waals surface area contributed by atoms with Gasteiger partial charge >= 0.3 is 0 Å². The van der Waals surface area contributed by atoms with Crippen LogP contribution in [0.15, 0.2) is 30.6 Å². The number of anilines is 1. The summed E-state index contributed by atoms with van der Waals surface area (Å²) in [6.45, 7) is 2.19. The van der Waals surface area contributed by atoms with E-state index in [9.17, 15) is 4.79 Å². The van der Waals surface area contributed by atoms with Gasteiger partial charge in [-0.15, -0.1) is 5.10 Å². The second-order valence-electron chi connectivity index (χ2n) is 8.19. The summed E-state index contributed by atoms with van der Waals surface area (Å²) in [6, 6.07) is 6.21. The van der Waals surface area contributed by atoms with Gasteiger partial charge in [0, 0.05) is 25.8 Å². The molecule has 0 bridgehead atoms. The highest BCUT2D eigenvalue weighted by molar-refractivity contribution is 6.05. The molecule has 1 N–H and O–H groups in total. The first-order valence-electron chi connectivity index (χ1n) is 10.6. The van der Waals surface area contributed by atoms with Crippen LogP contribution in [0.1, 0.15) is 54.5 Å². The summed E-state index contributed by atoms with van der Waals surface area (Å²) < 4.78 is 14.7. The quantitative estimate of drug-likeness (QED) is 0.655. The number of amides is 1. The molecule has 1 aliphatic heterocycles. The maximum absolute atomic E-state index is 13.0. The number of aryl methyl sites for hydroxylation is 1. The van der Waals surface area contributed by atoms with E-state index in [1.165, 1.54) is 7.11 Å². The van der Waals surface area contributed by atoms with E-state index < -0.39 is 0 Å². The average molecular weight is 422 g/mol. The zero-order valence-corrected chi connectivity index (χ0v) is 17.9. The Morgan fingerprint density at radius 1 is 1.26 bits per heavy atom. The van der Waals surface area contributed by atoms with E-state index in [-0.39, 0.29) is 18.1 Å². The van der Waals surface area contributed by atoms with Gasteiger partial charge < -0.3 is 19.4 Å². The van der Waals surface area contributed by atoms with Gasteiger partial charge in [-0.05, 0) is 38.3 Å². The number of ether oxygens (including phenoxy) is 2. The largest absolute Gasteiger partial charge is 0.479 e. The van der Waals surface area contributed by atoms with E-state index in [2.05, 4.69) is 31.9 Å². The van der Waals surface area contributed by atoms with E-state index in [0.29, 0.717) is 23.3 Å². The lowest BCUT2D eigenvalue weighted by atomic mass is 9.89. The summed E-state index contributed by atoms with van der Waals surface area (Å²) >= 11 is 0. The molecule has 1 fully saturated rings. The first-order chi connectivity index (χ1) is 15.1. The summed E-state index contributed by atoms with van der Waals surface area (Å²) in [5.41, 5.74) is 2.14. The van der Waals surface area contributed by atoms with Crippen molar-refractivity contribution in [3.05, 3.63) is 42.0 Å². The second-order valence-corrected chi connectivity index (χ2v) is 8.19. The zero-order valence-electron chi connectivity index (χ0n) is 17.9. The third kappa shape index (κ3) is 3.48. The molecule has 0 radical (unpaired) electrons. The fraction of sp³-hybridized carbons (Fsp3) is 0.455. The van der Waals surface area contributed by atoms with Gasteiger partial charge in [0.25, 0.3) is 5.91 Å². The number of hydrogen-bond acceptors (Lipinski definition) is 6. The topological polar surface area (TPSA) is 96.1 Å². The molecular formula is C22H26N6O3. The van der Waals surface area contributed by atoms with Crippen molar-refractivity contribution >= 4 is 11.7 Å². The number of methoxy groups -OCH3 is 2. The minimum Gasteiger partial charge on any atom is -0.479 e. The maximum Gasteiger partial charge on any atom is 0.263 e. The van der Waals surface area contributed by atoms with Gasteiger partial charge in [0.15, 0.2) is 0 Å². The molecule has 1 amide bonds. The summed E-state index contributed by atoms with van der Waals surface area (Å²) in [5.74, 6) is 1.56. The van der Waals surface area contributed by atoms with E-state index in [1.54, 1.807) is 24.1 Å². The standard InChI is InChI=1S/C22H26N6O3/c1-13-7-8-20-23-11-18(28(13)20)17-5-4-6-19(24-17)25-21(29)16-12-27(26-22(16)31-3)14-9-15(10-14)30-2/h4-6,11-15H,7-10H2,1-3H3,(H,24,25,29). The van der Waals surface area contributed by atoms with Crippen molar-refractivity contribution in [2.24, 2.45) is 0 Å². The van der Waals surface area contributed by atoms with Crippen LogP contribution < -0.4 is 10.1 Å². The lowest BCUT2D eigenvalue weighted by Crippen LogP contribution is -2.32. The van der Waals surface area contributed by atoms with Crippen molar-refractivity contribution in [3.8, 4) is 17.3 Å². The van der Waals surface area contributed by atoms with Gasteiger partial charge in [0.05, 0.1) is 36.8 Å². The van der Waals surface area contributed by atoms with Crippen molar-refractivity contribution in [3.63, 3.8) is 0 Å². The number of fused-ring (bicyclic) bond motifs is 1. The van der Waals surface area contributed by atoms with Gasteiger partial charge in [0.1, 0.15) is 17.2 Å². The summed E-state index contributed by atoms with van der Waals surface area (Å²) in [4.78, 5) is 22.2. The minimum absolute atomic E-state index is 0.216. The molecule has 9 nitrogen and oxygen atoms in total. The maximum atomic E-state index is 13.0. The zero-order chi connectivity index (χ0) is 21.5. The summed E-state index contributed by atoms with van der Waals surface area (Å²) in [5, 5.41) is 7.32. The predicted molar refractivity (Wildman–Crippen MR) is 114 cm³/mol. The molecule has 31 heavy (non-hydrogen) atoms. The van der Waals surface area contributed by atoms with Gasteiger partial charge in [-0.3, -0.25) is 9.48 Å². The molecule has 1 aliphatic carbocycles. The number of hydrogen-bond donors (Lipinski definition) is 1. The van der Waals surface area contributed by atoms with Crippen LogP contribution in [0.2, 0.25) is 0 Å². The van der Waals surface area contributed by atoms with E-state index in [1.807, 2.05) is 18.3 Å². The Labute approximate surface area is 180 Å². The molecule has 0 spiro atoms. The van der Waals surface area contributed by atoms with Crippen LogP contribution in [0.5, 0.6) is 5.88 Å². The molecule has 1 unspecified atom stereocenters. The van der Waals surface area contributed by atoms with Gasteiger partial charge in [0.2, 0.25) is 5.88 Å². The van der Waals surface area contributed by atoms with Gasteiger partial charge in [-0.1, -0.05) is 6.07 Å². The highest BCUT2D eigenvalue weighted by Gasteiger charge is 2.32. The Bertz CT molecular complexity index is 1110. The Morgan fingerprint density at radius 2 is 2.10 bits per heavy atom. The lowest BCUT2D eigenvalue weighted by molar-refractivity contribution is 0.00220. The number of nitrogens with zero attached hydrogens (tertiary/aromatic N) is 5. The number of aromatic nitrogens is 5. The highest BCUT2D eigenvalue weighted by atomic mass is 16.5. The fourth-order valence-corrected chi connectivity index (χ4v) is 4.38. The minimum atomic E-state index is -0.303. The number of rotatable bonds is 6. The van der Waals surface area contributed by atoms with Crippen molar-refractivity contribution in [1.29, 1.82) is 0 Å². The molecule has 1 atom stereocenters. The monoisotopic (exact) mass is 422 g/mol. The number of carbonyl (C=O) groups excluding carboxylic acids is 1. The Balaban J connectivity index is 1.36. The van der Waals surface area contributed by atoms with Crippen LogP contribution >= 0.6 is 0 Å². The second kappa shape index (κ2) is 7.81. The normalized spacial score (nSPS) is 22.1. The number of nitrogens with one attached hydrogen (secondary N) is 1. The summed E-state index contributed by atoms with van der Waals surface area (Å²) in [6.07, 6.45) is 7.66. The molecule has 0 aromatic carbocycles. The number of pyridine rings is 1. The fourth-order valence-electron chi connectivity index (χ4n) is 4.38. The van der Waals surface area contributed by atoms with Crippen molar-refractivity contribution in [2.45, 2.75) is 50.8 Å². The van der Waals surface area contributed by atoms with Crippen LogP contribution in [-0.2, 0) is 11.2 Å². The summed E-state index contributed by atoms with van der Waals surface area (Å²) in [7, 11) is 3.23. The van der Waals surface area contributed by atoms with Crippen LogP contribution in [0.3, 0.4) is 0 Å². The molecule has 1 saturated carbocycles. The van der Waals surface area contributed by atoms with E-state index in [0.717, 1.165) is 42.9 Å². The van der Waals surface area contributed by atoms with Crippen molar-refractivity contribution in [2.75, 3.05) is 19.5 Å². The van der Waals surface area contributed by atoms with E-state index >= 15 is 0 Å². The van der Waals surface area contributed by atoms with E-state index in [4.69, 9.17) is 9.47 Å². The molecule has 5 rings (SSSR count). The Morgan fingerprint density at radius 3 is 2.87 bits per heavy atom. The molecule has 2 aliphatic rings. The number of imidazole rings is 1. The third-order valence-corrected chi connectivity index (χ3v) is 6.27. The molecule has 3 aromatic heterocycles. The van der Waals surface area contributed by atoms with Crippen molar-refractivity contribution < 1.29 is 14.3 Å². The Kier molecular flexibility index (Phi) is 4.97. The van der Waals surface area contributed by atoms with Crippen LogP contribution in [0.4, 0.5) is 5.82 Å². The van der Waals surface area contributed by atoms with Crippen LogP contribution in [0.25, 0.3) is 11.4 Å². The van der Waals surface area contributed by atoms with Gasteiger partial charge in [-0.2, -0.15) is 0 Å². The van der Waals surface area contributed by atoms with Gasteiger partial charge in [-0.25, -0.2) is 9.97 Å². The molecule has 0 saturated heterocycles. The molecular weight excluding hydrogens is 396 g/mol. The van der Waals surface area contributed by atoms with Crippen LogP contribution in [0, 0.1) is 0 Å². The highest BCUT2D eigenvalue weighted by Crippen LogP contribution is 2.35. The predicted octanol–water partition coefficient (Wildman–Crippen LogP) is 3.26. The smallest absolute Gasteiger partial charge is 0.263 e. The molecule has 3 aromatic rings. The molecule has 4 heterocycles. The number of carbonyl (C=O) groups is 1. The molecule has 162 valence electrons. The Hall–Kier alpha value is -3.20. The van der Waals surface area contributed by atoms with Crippen molar-refractivity contribution in [1.82, 2.24) is 24.3 Å². The first kappa shape index (κ1) is 19.7. The third-order valence-electron chi connectivity index (χ3n) is 6.27. The average Bonchev–Trinajstić information content (AvgIpc) is 3.44.